The molecule has 3 nitrogen and oxygen atoms in total. The van der Waals surface area contributed by atoms with Gasteiger partial charge in [-0.3, -0.25) is 4.99 Å². The van der Waals surface area contributed by atoms with E-state index in [2.05, 4.69) is 85.5 Å². The molecule has 0 radical (unpaired) electrons. The van der Waals surface area contributed by atoms with E-state index >= 15 is 0 Å². The summed E-state index contributed by atoms with van der Waals surface area (Å²) in [7, 11) is 2.20. The van der Waals surface area contributed by atoms with E-state index in [-0.39, 0.29) is 5.54 Å². The van der Waals surface area contributed by atoms with Crippen LogP contribution in [0.4, 0.5) is 22.7 Å². The second-order valence-electron chi connectivity index (χ2n) is 8.59. The highest BCUT2D eigenvalue weighted by Crippen LogP contribution is 2.42. The standard InChI is InChI=1S/C26H29N3/c1-19-17-26(2,3)29(4)25-15-10-20(16-24(19)25)18-27-21-11-13-23(14-12-21)28-22-8-6-5-7-9-22/h5-16,18-19,28H,17H2,1-4H3. The van der Waals surface area contributed by atoms with Gasteiger partial charge in [-0.05, 0) is 85.8 Å². The number of anilines is 3. The average Bonchev–Trinajstić information content (AvgIpc) is 2.72. The topological polar surface area (TPSA) is 27.6 Å². The molecule has 29 heavy (non-hydrogen) atoms. The Balaban J connectivity index is 1.49. The van der Waals surface area contributed by atoms with Crippen LogP contribution < -0.4 is 10.2 Å². The van der Waals surface area contributed by atoms with Crippen LogP contribution in [0.5, 0.6) is 0 Å². The Hall–Kier alpha value is -3.07. The molecule has 1 atom stereocenters. The highest BCUT2D eigenvalue weighted by molar-refractivity contribution is 5.84. The lowest BCUT2D eigenvalue weighted by molar-refractivity contribution is 0.395. The van der Waals surface area contributed by atoms with Crippen molar-refractivity contribution in [3.63, 3.8) is 0 Å². The maximum Gasteiger partial charge on any atom is 0.0631 e. The van der Waals surface area contributed by atoms with Crippen molar-refractivity contribution in [2.45, 2.75) is 38.6 Å². The highest BCUT2D eigenvalue weighted by Gasteiger charge is 2.33. The van der Waals surface area contributed by atoms with Gasteiger partial charge < -0.3 is 10.2 Å². The van der Waals surface area contributed by atoms with E-state index in [0.717, 1.165) is 29.0 Å². The smallest absolute Gasteiger partial charge is 0.0631 e. The summed E-state index contributed by atoms with van der Waals surface area (Å²) in [6, 6.07) is 25.1. The lowest BCUT2D eigenvalue weighted by Crippen LogP contribution is -2.45. The van der Waals surface area contributed by atoms with Gasteiger partial charge in [-0.2, -0.15) is 0 Å². The quantitative estimate of drug-likeness (QED) is 0.496. The van der Waals surface area contributed by atoms with E-state index in [1.54, 1.807) is 0 Å². The van der Waals surface area contributed by atoms with Crippen LogP contribution in [-0.2, 0) is 0 Å². The largest absolute Gasteiger partial charge is 0.369 e. The zero-order chi connectivity index (χ0) is 20.4. The van der Waals surface area contributed by atoms with E-state index in [9.17, 15) is 0 Å². The predicted octanol–water partition coefficient (Wildman–Crippen LogP) is 6.90. The molecule has 0 spiro atoms. The Bertz CT molecular complexity index is 1000. The van der Waals surface area contributed by atoms with E-state index in [1.807, 2.05) is 36.5 Å². The molecule has 1 aliphatic rings. The number of nitrogens with zero attached hydrogens (tertiary/aromatic N) is 2. The zero-order valence-electron chi connectivity index (χ0n) is 17.7. The van der Waals surface area contributed by atoms with Crippen molar-refractivity contribution in [2.24, 2.45) is 4.99 Å². The molecule has 3 aromatic carbocycles. The first-order chi connectivity index (χ1) is 13.9. The molecular formula is C26H29N3. The van der Waals surface area contributed by atoms with Crippen molar-refractivity contribution < 1.29 is 0 Å². The van der Waals surface area contributed by atoms with Crippen LogP contribution in [0.15, 0.2) is 77.8 Å². The van der Waals surface area contributed by atoms with Gasteiger partial charge in [0.2, 0.25) is 0 Å². The molecule has 0 aromatic heterocycles. The first-order valence-electron chi connectivity index (χ1n) is 10.3. The summed E-state index contributed by atoms with van der Waals surface area (Å²) in [5.74, 6) is 0.549. The lowest BCUT2D eigenvalue weighted by atomic mass is 9.80. The number of para-hydroxylation sites is 1. The van der Waals surface area contributed by atoms with Crippen LogP contribution in [0.1, 0.15) is 44.2 Å². The van der Waals surface area contributed by atoms with Gasteiger partial charge in [0, 0.05) is 35.9 Å². The van der Waals surface area contributed by atoms with Gasteiger partial charge in [0.15, 0.2) is 0 Å². The van der Waals surface area contributed by atoms with E-state index < -0.39 is 0 Å². The maximum atomic E-state index is 4.68. The first kappa shape index (κ1) is 19.3. The Morgan fingerprint density at radius 2 is 1.66 bits per heavy atom. The summed E-state index contributed by atoms with van der Waals surface area (Å²) in [5.41, 5.74) is 7.18. The van der Waals surface area contributed by atoms with Gasteiger partial charge >= 0.3 is 0 Å². The van der Waals surface area contributed by atoms with Gasteiger partial charge in [0.25, 0.3) is 0 Å². The Morgan fingerprint density at radius 1 is 0.966 bits per heavy atom. The third-order valence-electron chi connectivity index (χ3n) is 5.95. The van der Waals surface area contributed by atoms with Crippen molar-refractivity contribution in [3.8, 4) is 0 Å². The first-order valence-corrected chi connectivity index (χ1v) is 10.3. The Morgan fingerprint density at radius 3 is 2.38 bits per heavy atom. The molecule has 0 aliphatic carbocycles. The molecular weight excluding hydrogens is 354 g/mol. The molecule has 3 heteroatoms. The molecule has 0 bridgehead atoms. The van der Waals surface area contributed by atoms with Crippen molar-refractivity contribution in [1.82, 2.24) is 0 Å². The number of aliphatic imine (C=N–C) groups is 1. The van der Waals surface area contributed by atoms with Crippen LogP contribution in [-0.4, -0.2) is 18.8 Å². The van der Waals surface area contributed by atoms with Crippen molar-refractivity contribution in [3.05, 3.63) is 83.9 Å². The molecule has 1 N–H and O–H groups in total. The van der Waals surface area contributed by atoms with E-state index in [1.165, 1.54) is 11.3 Å². The number of benzene rings is 3. The third-order valence-corrected chi connectivity index (χ3v) is 5.95. The third kappa shape index (κ3) is 4.19. The van der Waals surface area contributed by atoms with E-state index in [4.69, 9.17) is 0 Å². The minimum atomic E-state index is 0.192. The Labute approximate surface area is 174 Å². The van der Waals surface area contributed by atoms with Crippen molar-refractivity contribution in [1.29, 1.82) is 0 Å². The van der Waals surface area contributed by atoms with Crippen molar-refractivity contribution in [2.75, 3.05) is 17.3 Å². The average molecular weight is 384 g/mol. The van der Waals surface area contributed by atoms with Gasteiger partial charge in [-0.1, -0.05) is 31.2 Å². The van der Waals surface area contributed by atoms with Crippen LogP contribution in [0, 0.1) is 0 Å². The number of fused-ring (bicyclic) bond motifs is 1. The van der Waals surface area contributed by atoms with Gasteiger partial charge in [0.1, 0.15) is 0 Å². The fourth-order valence-electron chi connectivity index (χ4n) is 4.14. The van der Waals surface area contributed by atoms with Crippen LogP contribution in [0.3, 0.4) is 0 Å². The molecule has 1 heterocycles. The number of hydrogen-bond acceptors (Lipinski definition) is 3. The highest BCUT2D eigenvalue weighted by atomic mass is 15.2. The molecule has 4 rings (SSSR count). The molecule has 1 unspecified atom stereocenters. The summed E-state index contributed by atoms with van der Waals surface area (Å²) in [6.07, 6.45) is 3.12. The fourth-order valence-corrected chi connectivity index (χ4v) is 4.14. The number of rotatable bonds is 4. The second kappa shape index (κ2) is 7.75. The summed E-state index contributed by atoms with van der Waals surface area (Å²) >= 11 is 0. The SMILES string of the molecule is CC1CC(C)(C)N(C)c2ccc(C=Nc3ccc(Nc4ccccc4)cc3)cc21. The minimum Gasteiger partial charge on any atom is -0.369 e. The summed E-state index contributed by atoms with van der Waals surface area (Å²) in [6.45, 7) is 6.96. The Kier molecular flexibility index (Phi) is 5.14. The molecule has 0 fully saturated rings. The number of nitrogens with one attached hydrogen (secondary N) is 1. The van der Waals surface area contributed by atoms with Gasteiger partial charge in [-0.15, -0.1) is 0 Å². The predicted molar refractivity (Wildman–Crippen MR) is 125 cm³/mol. The summed E-state index contributed by atoms with van der Waals surface area (Å²) in [5, 5.41) is 3.40. The lowest BCUT2D eigenvalue weighted by Gasteiger charge is -2.45. The normalized spacial score (nSPS) is 17.9. The molecule has 0 saturated heterocycles. The van der Waals surface area contributed by atoms with Gasteiger partial charge in [0.05, 0.1) is 5.69 Å². The monoisotopic (exact) mass is 383 g/mol. The summed E-state index contributed by atoms with van der Waals surface area (Å²) < 4.78 is 0. The molecule has 0 saturated carbocycles. The maximum absolute atomic E-state index is 4.68. The molecule has 3 aromatic rings. The van der Waals surface area contributed by atoms with Gasteiger partial charge in [-0.25, -0.2) is 0 Å². The molecule has 148 valence electrons. The van der Waals surface area contributed by atoms with Crippen LogP contribution >= 0.6 is 0 Å². The zero-order valence-corrected chi connectivity index (χ0v) is 17.7. The van der Waals surface area contributed by atoms with Crippen molar-refractivity contribution >= 4 is 29.0 Å². The molecule has 0 amide bonds. The van der Waals surface area contributed by atoms with Crippen LogP contribution in [0.25, 0.3) is 0 Å². The fraction of sp³-hybridized carbons (Fsp3) is 0.269. The van der Waals surface area contributed by atoms with Crippen LogP contribution in [0.2, 0.25) is 0 Å². The van der Waals surface area contributed by atoms with E-state index in [0.29, 0.717) is 5.92 Å². The minimum absolute atomic E-state index is 0.192. The molecule has 1 aliphatic heterocycles. The number of hydrogen-bond donors (Lipinski definition) is 1. The summed E-state index contributed by atoms with van der Waals surface area (Å²) in [4.78, 5) is 7.08. The second-order valence-corrected chi connectivity index (χ2v) is 8.59.